The smallest absolute Gasteiger partial charge is 0.312 e. The summed E-state index contributed by atoms with van der Waals surface area (Å²) in [5.74, 6) is -2.81. The summed E-state index contributed by atoms with van der Waals surface area (Å²) in [6.07, 6.45) is 16.7. The molecule has 0 atom stereocenters. The summed E-state index contributed by atoms with van der Waals surface area (Å²) >= 11 is 0. The number of ether oxygens (including phenoxy) is 2. The average Bonchev–Trinajstić information content (AvgIpc) is 1.01. The van der Waals surface area contributed by atoms with Crippen molar-refractivity contribution in [1.82, 2.24) is 0 Å². The molecule has 0 aromatic heterocycles. The summed E-state index contributed by atoms with van der Waals surface area (Å²) in [4.78, 5) is 30.7. The molecular formula is C71H84F9O5S2+. The van der Waals surface area contributed by atoms with Gasteiger partial charge in [-0.2, -0.15) is 0 Å². The minimum absolute atomic E-state index is 0. The van der Waals surface area contributed by atoms with Gasteiger partial charge in [-0.25, -0.2) is 35.1 Å². The highest BCUT2D eigenvalue weighted by atomic mass is 32.2. The molecule has 6 aromatic carbocycles. The lowest BCUT2D eigenvalue weighted by Gasteiger charge is -2.55. The van der Waals surface area contributed by atoms with E-state index < -0.39 is 35.9 Å². The number of carbonyl (C=O) groups is 2. The van der Waals surface area contributed by atoms with Gasteiger partial charge in [-0.3, -0.25) is 14.3 Å². The normalized spacial score (nSPS) is 23.5. The van der Waals surface area contributed by atoms with E-state index in [9.17, 15) is 44.7 Å². The number of alkyl halides is 4. The van der Waals surface area contributed by atoms with Crippen molar-refractivity contribution in [3.63, 3.8) is 0 Å². The van der Waals surface area contributed by atoms with Gasteiger partial charge in [0.15, 0.2) is 42.6 Å². The van der Waals surface area contributed by atoms with Crippen LogP contribution in [0.1, 0.15) is 132 Å². The third-order valence-electron chi connectivity index (χ3n) is 17.7. The van der Waals surface area contributed by atoms with Crippen molar-refractivity contribution in [2.75, 3.05) is 13.2 Å². The second-order valence-electron chi connectivity index (χ2n) is 24.8. The van der Waals surface area contributed by atoms with Crippen LogP contribution >= 0.6 is 0 Å². The van der Waals surface area contributed by atoms with Gasteiger partial charge >= 0.3 is 11.9 Å². The first-order chi connectivity index (χ1) is 41.5. The van der Waals surface area contributed by atoms with Gasteiger partial charge in [0.25, 0.3) is 11.8 Å². The fourth-order valence-electron chi connectivity index (χ4n) is 14.5. The predicted molar refractivity (Wildman–Crippen MR) is 326 cm³/mol. The Bertz CT molecular complexity index is 2670. The lowest BCUT2D eigenvalue weighted by Crippen LogP contribution is -2.51. The molecule has 0 spiro atoms. The number of benzene rings is 6. The summed E-state index contributed by atoms with van der Waals surface area (Å²) in [6.45, 7) is 6.83. The van der Waals surface area contributed by atoms with Gasteiger partial charge in [-0.15, -0.1) is 1.43 Å². The third-order valence-corrected chi connectivity index (χ3v) is 22.2. The van der Waals surface area contributed by atoms with E-state index in [1.165, 1.54) is 106 Å². The quantitative estimate of drug-likeness (QED) is 0.0581. The van der Waals surface area contributed by atoms with E-state index in [1.54, 1.807) is 48.5 Å². The monoisotopic (exact) mass is 1250 g/mol. The van der Waals surface area contributed by atoms with Gasteiger partial charge in [-0.1, -0.05) is 76.4 Å². The summed E-state index contributed by atoms with van der Waals surface area (Å²) in [5, 5.41) is 0. The minimum atomic E-state index is -2.92. The highest BCUT2D eigenvalue weighted by Crippen LogP contribution is 2.62. The molecule has 5 nitrogen and oxygen atoms in total. The zero-order valence-corrected chi connectivity index (χ0v) is 52.0. The molecular weight excluding hydrogens is 1170 g/mol. The van der Waals surface area contributed by atoms with Crippen LogP contribution in [0, 0.1) is 75.5 Å². The van der Waals surface area contributed by atoms with E-state index in [-0.39, 0.29) is 61.7 Å². The first-order valence-electron chi connectivity index (χ1n) is 30.7. The van der Waals surface area contributed by atoms with Crippen LogP contribution in [-0.4, -0.2) is 42.5 Å². The third kappa shape index (κ3) is 19.6. The Balaban J connectivity index is 0.000000179. The summed E-state index contributed by atoms with van der Waals surface area (Å²) in [6, 6.07) is 45.9. The molecule has 14 rings (SSSR count). The standard InChI is InChI=1S/2C18H13F2S.2C14H20F2O2.C7H16.FH.H2O/c2*19-14-6-10-17(11-7-14)21(16-4-2-1-3-5-16)18-12-8-15(20)9-13-18;2*1-13(15,16)8-18-12(17)14-5-9-2-10(6-14)4-11(3-9)7-14;1-4-7(5-2)6-3;;/h2*1-13H;2*9-11H,2-8H2,1H3;7H,4-6H2,1-3H3;1H;1H2/q2*+1;;;;;/p-1/i/hT. The van der Waals surface area contributed by atoms with Gasteiger partial charge in [-0.05, 0) is 240 Å². The number of hydrogen-bond acceptors (Lipinski definition) is 5. The van der Waals surface area contributed by atoms with Crippen molar-refractivity contribution < 1.29 is 65.8 Å². The van der Waals surface area contributed by atoms with Crippen molar-refractivity contribution >= 4 is 33.7 Å². The SMILES string of the molecule is CC(F)(F)COC(=O)C12CC3CC(CC(C3)C1)C2.CC(F)(F)COC(=O)C12CC3CC(CC(C3)C1)C2.CCC(CC)CC.F.Fc1ccc([S+](c2ccccc2)c2ccc(F)cc2)cc1.Fc1ccc([S+](c2ccccc2)c2ccc(F)cc2)cc1.[3H][O-]. The highest BCUT2D eigenvalue weighted by molar-refractivity contribution is 7.97. The van der Waals surface area contributed by atoms with Gasteiger partial charge in [0, 0.05) is 13.8 Å². The molecule has 0 unspecified atom stereocenters. The van der Waals surface area contributed by atoms with Crippen LogP contribution in [0.5, 0.6) is 0 Å². The second-order valence-corrected chi connectivity index (χ2v) is 28.9. The molecule has 6 aromatic rings. The van der Waals surface area contributed by atoms with Crippen LogP contribution in [0.25, 0.3) is 0 Å². The lowest BCUT2D eigenvalue weighted by atomic mass is 9.49. The van der Waals surface area contributed by atoms with Crippen molar-refractivity contribution in [2.24, 2.45) is 52.3 Å². The zero-order chi connectivity index (χ0) is 62.9. The van der Waals surface area contributed by atoms with Gasteiger partial charge in [0.1, 0.15) is 23.3 Å². The van der Waals surface area contributed by atoms with Crippen LogP contribution in [0.3, 0.4) is 0 Å². The van der Waals surface area contributed by atoms with Gasteiger partial charge in [0.05, 0.1) is 32.6 Å². The van der Waals surface area contributed by atoms with E-state index in [0.29, 0.717) is 35.5 Å². The Hall–Kier alpha value is -5.71. The Morgan fingerprint density at radius 2 is 0.644 bits per heavy atom. The number of esters is 2. The van der Waals surface area contributed by atoms with Crippen molar-refractivity contribution in [3.8, 4) is 0 Å². The Kier molecular flexibility index (Phi) is 25.0. The minimum Gasteiger partial charge on any atom is -0.870 e. The largest absolute Gasteiger partial charge is 0.870 e. The van der Waals surface area contributed by atoms with Crippen molar-refractivity contribution in [3.05, 3.63) is 181 Å². The van der Waals surface area contributed by atoms with Gasteiger partial charge < -0.3 is 15.0 Å². The van der Waals surface area contributed by atoms with E-state index in [1.807, 2.05) is 60.7 Å². The zero-order valence-electron chi connectivity index (χ0n) is 51.4. The molecule has 8 fully saturated rings. The summed E-state index contributed by atoms with van der Waals surface area (Å²) < 4.78 is 118. The molecule has 8 saturated carbocycles. The molecule has 0 amide bonds. The topological polar surface area (TPSA) is 82.6 Å². The first kappa shape index (κ1) is 68.8. The van der Waals surface area contributed by atoms with Crippen LogP contribution in [-0.2, 0) is 40.9 Å². The molecule has 8 aliphatic carbocycles. The molecule has 0 aliphatic heterocycles. The fraction of sp³-hybridized carbons (Fsp3) is 0.465. The van der Waals surface area contributed by atoms with Crippen LogP contribution in [0.4, 0.5) is 39.8 Å². The fourth-order valence-corrected chi connectivity index (χ4v) is 18.6. The maximum absolute atomic E-state index is 13.2. The van der Waals surface area contributed by atoms with E-state index in [4.69, 9.17) is 15.0 Å². The number of hydrogen-bond donors (Lipinski definition) is 0. The molecule has 1 N–H and O–H groups in total. The number of rotatable bonds is 15. The Morgan fingerprint density at radius 1 is 0.437 bits per heavy atom. The number of carbonyl (C=O) groups excluding carboxylic acids is 2. The maximum Gasteiger partial charge on any atom is 0.312 e. The molecule has 472 valence electrons. The molecule has 8 aliphatic rings. The predicted octanol–water partition coefficient (Wildman–Crippen LogP) is 19.7. The van der Waals surface area contributed by atoms with Crippen LogP contribution < -0.4 is 0 Å². The molecule has 8 bridgehead atoms. The Labute approximate surface area is 515 Å². The molecule has 0 radical (unpaired) electrons. The van der Waals surface area contributed by atoms with E-state index >= 15 is 0 Å². The van der Waals surface area contributed by atoms with Crippen molar-refractivity contribution in [1.29, 1.82) is 0 Å². The second kappa shape index (κ2) is 31.6. The summed E-state index contributed by atoms with van der Waals surface area (Å²) in [7, 11) is -0.729. The molecule has 0 heterocycles. The average molecular weight is 1250 g/mol. The van der Waals surface area contributed by atoms with Crippen molar-refractivity contribution in [2.45, 2.75) is 172 Å². The number of halogens is 9. The van der Waals surface area contributed by atoms with E-state index in [2.05, 4.69) is 22.2 Å². The molecule has 0 saturated heterocycles. The lowest BCUT2D eigenvalue weighted by molar-refractivity contribution is -0.180. The first-order valence-corrected chi connectivity index (χ1v) is 32.7. The molecule has 87 heavy (non-hydrogen) atoms. The Morgan fingerprint density at radius 3 is 0.828 bits per heavy atom. The molecule has 16 heteroatoms. The van der Waals surface area contributed by atoms with Gasteiger partial charge in [0.2, 0.25) is 0 Å². The van der Waals surface area contributed by atoms with E-state index in [0.717, 1.165) is 87.7 Å². The highest BCUT2D eigenvalue weighted by Gasteiger charge is 2.57. The summed E-state index contributed by atoms with van der Waals surface area (Å²) in [5.41, 5.74) is 6.67. The maximum atomic E-state index is 13.2. The van der Waals surface area contributed by atoms with Crippen LogP contribution in [0.2, 0.25) is 0 Å². The van der Waals surface area contributed by atoms with Crippen LogP contribution in [0.15, 0.2) is 187 Å².